The second-order valence-corrected chi connectivity index (χ2v) is 7.89. The molecule has 30 heavy (non-hydrogen) atoms. The number of carbonyl (C=O) groups is 1. The van der Waals surface area contributed by atoms with E-state index in [1.165, 1.54) is 0 Å². The van der Waals surface area contributed by atoms with E-state index in [0.717, 1.165) is 32.1 Å². The number of nitrogens with zero attached hydrogens (tertiary/aromatic N) is 3. The molecule has 0 aliphatic heterocycles. The van der Waals surface area contributed by atoms with Crippen LogP contribution in [-0.2, 0) is 16.1 Å². The maximum atomic E-state index is 13.5. The van der Waals surface area contributed by atoms with Gasteiger partial charge < -0.3 is 9.64 Å². The topological polar surface area (TPSA) is 64.4 Å². The number of para-hydroxylation sites is 1. The van der Waals surface area contributed by atoms with Crippen LogP contribution < -0.4 is 5.56 Å². The molecule has 2 atom stereocenters. The zero-order valence-electron chi connectivity index (χ0n) is 19.2. The van der Waals surface area contributed by atoms with E-state index in [1.807, 2.05) is 43.0 Å². The number of rotatable bonds is 12. The minimum Gasteiger partial charge on any atom is -0.383 e. The van der Waals surface area contributed by atoms with Crippen LogP contribution in [0, 0.1) is 5.92 Å². The van der Waals surface area contributed by atoms with Crippen LogP contribution in [0.15, 0.2) is 29.1 Å². The Hall–Kier alpha value is -2.21. The zero-order chi connectivity index (χ0) is 22.1. The van der Waals surface area contributed by atoms with Gasteiger partial charge in [0.25, 0.3) is 5.56 Å². The van der Waals surface area contributed by atoms with E-state index in [-0.39, 0.29) is 23.4 Å². The van der Waals surface area contributed by atoms with E-state index < -0.39 is 0 Å². The first-order chi connectivity index (χ1) is 14.5. The fraction of sp³-hybridized carbons (Fsp3) is 0.625. The Balaban J connectivity index is 2.51. The fourth-order valence-corrected chi connectivity index (χ4v) is 3.95. The number of unbranched alkanes of at least 4 members (excludes halogenated alkanes) is 1. The van der Waals surface area contributed by atoms with Crippen molar-refractivity contribution in [1.29, 1.82) is 0 Å². The van der Waals surface area contributed by atoms with Crippen LogP contribution in [0.4, 0.5) is 0 Å². The van der Waals surface area contributed by atoms with E-state index in [0.29, 0.717) is 36.4 Å². The molecule has 1 amide bonds. The summed E-state index contributed by atoms with van der Waals surface area (Å²) in [5.41, 5.74) is 0.635. The molecule has 0 aliphatic rings. The quantitative estimate of drug-likeness (QED) is 0.510. The van der Waals surface area contributed by atoms with Crippen molar-refractivity contribution in [3.63, 3.8) is 0 Å². The number of ether oxygens (including phenoxy) is 1. The number of methoxy groups -OCH3 is 1. The summed E-state index contributed by atoms with van der Waals surface area (Å²) in [6.45, 7) is 9.74. The molecule has 1 heterocycles. The molecule has 6 nitrogen and oxygen atoms in total. The highest BCUT2D eigenvalue weighted by molar-refractivity contribution is 5.80. The monoisotopic (exact) mass is 415 g/mol. The van der Waals surface area contributed by atoms with E-state index >= 15 is 0 Å². The van der Waals surface area contributed by atoms with Crippen LogP contribution in [0.25, 0.3) is 10.9 Å². The second-order valence-electron chi connectivity index (χ2n) is 7.89. The van der Waals surface area contributed by atoms with Crippen LogP contribution in [0.3, 0.4) is 0 Å². The van der Waals surface area contributed by atoms with E-state index in [4.69, 9.17) is 9.72 Å². The van der Waals surface area contributed by atoms with Crippen molar-refractivity contribution in [2.24, 2.45) is 5.92 Å². The van der Waals surface area contributed by atoms with Crippen molar-refractivity contribution in [2.45, 2.75) is 72.4 Å². The van der Waals surface area contributed by atoms with Gasteiger partial charge in [0.15, 0.2) is 0 Å². The highest BCUT2D eigenvalue weighted by atomic mass is 16.5. The lowest BCUT2D eigenvalue weighted by Gasteiger charge is -2.33. The molecule has 6 heteroatoms. The number of aromatic nitrogens is 2. The third-order valence-corrected chi connectivity index (χ3v) is 5.75. The van der Waals surface area contributed by atoms with Gasteiger partial charge in [-0.2, -0.15) is 0 Å². The minimum atomic E-state index is -0.313. The van der Waals surface area contributed by atoms with Crippen LogP contribution in [0.2, 0.25) is 0 Å². The molecule has 2 unspecified atom stereocenters. The normalized spacial score (nSPS) is 13.4. The molecule has 0 bridgehead atoms. The summed E-state index contributed by atoms with van der Waals surface area (Å²) in [7, 11) is 1.64. The fourth-order valence-electron chi connectivity index (χ4n) is 3.95. The van der Waals surface area contributed by atoms with Crippen LogP contribution in [0.5, 0.6) is 0 Å². The van der Waals surface area contributed by atoms with E-state index in [9.17, 15) is 9.59 Å². The molecule has 166 valence electrons. The molecule has 1 aromatic carbocycles. The Labute approximate surface area is 180 Å². The Morgan fingerprint density at radius 1 is 1.20 bits per heavy atom. The predicted octanol–water partition coefficient (Wildman–Crippen LogP) is 4.56. The molecule has 0 saturated heterocycles. The van der Waals surface area contributed by atoms with Crippen LogP contribution in [-0.4, -0.2) is 40.6 Å². The molecule has 0 N–H and O–H groups in total. The van der Waals surface area contributed by atoms with Crippen molar-refractivity contribution >= 4 is 16.8 Å². The molecule has 0 fully saturated rings. The Morgan fingerprint density at radius 3 is 2.57 bits per heavy atom. The maximum absolute atomic E-state index is 13.5. The number of hydrogen-bond donors (Lipinski definition) is 0. The second kappa shape index (κ2) is 11.8. The van der Waals surface area contributed by atoms with Gasteiger partial charge in [-0.1, -0.05) is 45.7 Å². The lowest BCUT2D eigenvalue weighted by Crippen LogP contribution is -2.42. The predicted molar refractivity (Wildman–Crippen MR) is 122 cm³/mol. The third kappa shape index (κ3) is 5.48. The first-order valence-corrected chi connectivity index (χ1v) is 11.3. The molecular formula is C24H37N3O3. The Morgan fingerprint density at radius 2 is 1.93 bits per heavy atom. The SMILES string of the molecule is CCCCC(CC)C(=O)N(CCOC)C(C)c1nc2ccccc2c(=O)n1CCC. The van der Waals surface area contributed by atoms with E-state index in [1.54, 1.807) is 11.7 Å². The first kappa shape index (κ1) is 24.1. The minimum absolute atomic E-state index is 0.0175. The number of carbonyl (C=O) groups excluding carboxylic acids is 1. The standard InChI is InChI=1S/C24H37N3O3/c1-6-9-12-19(8-3)23(28)26(16-17-30-5)18(4)22-25-21-14-11-10-13-20(21)24(29)27(22)15-7-2/h10-11,13-14,18-19H,6-9,12,15-17H2,1-5H3. The lowest BCUT2D eigenvalue weighted by atomic mass is 9.97. The van der Waals surface area contributed by atoms with Gasteiger partial charge in [-0.3, -0.25) is 14.2 Å². The van der Waals surface area contributed by atoms with Crippen LogP contribution >= 0.6 is 0 Å². The molecule has 2 aromatic rings. The summed E-state index contributed by atoms with van der Waals surface area (Å²) in [4.78, 5) is 33.3. The summed E-state index contributed by atoms with van der Waals surface area (Å²) in [6, 6.07) is 7.11. The van der Waals surface area contributed by atoms with Gasteiger partial charge in [-0.05, 0) is 38.3 Å². The van der Waals surface area contributed by atoms with Gasteiger partial charge >= 0.3 is 0 Å². The largest absolute Gasteiger partial charge is 0.383 e. The average Bonchev–Trinajstić information content (AvgIpc) is 2.76. The first-order valence-electron chi connectivity index (χ1n) is 11.3. The average molecular weight is 416 g/mol. The third-order valence-electron chi connectivity index (χ3n) is 5.75. The van der Waals surface area contributed by atoms with Gasteiger partial charge in [-0.25, -0.2) is 4.98 Å². The number of benzene rings is 1. The van der Waals surface area contributed by atoms with Gasteiger partial charge in [0, 0.05) is 26.1 Å². The summed E-state index contributed by atoms with van der Waals surface area (Å²) < 4.78 is 7.04. The molecule has 0 radical (unpaired) electrons. The highest BCUT2D eigenvalue weighted by Crippen LogP contribution is 2.25. The van der Waals surface area contributed by atoms with Gasteiger partial charge in [0.05, 0.1) is 23.6 Å². The van der Waals surface area contributed by atoms with Crippen molar-refractivity contribution in [1.82, 2.24) is 14.5 Å². The smallest absolute Gasteiger partial charge is 0.261 e. The maximum Gasteiger partial charge on any atom is 0.261 e. The molecule has 0 spiro atoms. The van der Waals surface area contributed by atoms with Gasteiger partial charge in [0.1, 0.15) is 5.82 Å². The van der Waals surface area contributed by atoms with Crippen LogP contribution in [0.1, 0.15) is 71.7 Å². The Kier molecular flexibility index (Phi) is 9.50. The highest BCUT2D eigenvalue weighted by Gasteiger charge is 2.29. The zero-order valence-corrected chi connectivity index (χ0v) is 19.2. The lowest BCUT2D eigenvalue weighted by molar-refractivity contribution is -0.139. The molecule has 0 aliphatic carbocycles. The molecule has 1 aromatic heterocycles. The Bertz CT molecular complexity index is 878. The van der Waals surface area contributed by atoms with Gasteiger partial charge in [-0.15, -0.1) is 0 Å². The number of hydrogen-bond acceptors (Lipinski definition) is 4. The van der Waals surface area contributed by atoms with Crippen molar-refractivity contribution in [3.05, 3.63) is 40.4 Å². The van der Waals surface area contributed by atoms with Crippen molar-refractivity contribution in [2.75, 3.05) is 20.3 Å². The van der Waals surface area contributed by atoms with E-state index in [2.05, 4.69) is 13.8 Å². The number of amides is 1. The summed E-state index contributed by atoms with van der Waals surface area (Å²) >= 11 is 0. The van der Waals surface area contributed by atoms with Crippen molar-refractivity contribution < 1.29 is 9.53 Å². The summed E-state index contributed by atoms with van der Waals surface area (Å²) in [5.74, 6) is 0.757. The summed E-state index contributed by atoms with van der Waals surface area (Å²) in [6.07, 6.45) is 4.61. The molecule has 2 rings (SSSR count). The molecular weight excluding hydrogens is 378 g/mol. The van der Waals surface area contributed by atoms with Gasteiger partial charge in [0.2, 0.25) is 5.91 Å². The number of fused-ring (bicyclic) bond motifs is 1. The van der Waals surface area contributed by atoms with Crippen molar-refractivity contribution in [3.8, 4) is 0 Å². The summed E-state index contributed by atoms with van der Waals surface area (Å²) in [5, 5.41) is 0.617. The molecule has 0 saturated carbocycles.